The van der Waals surface area contributed by atoms with Crippen LogP contribution in [0, 0.1) is 0 Å². The predicted molar refractivity (Wildman–Crippen MR) is 136 cm³/mol. The van der Waals surface area contributed by atoms with E-state index in [1.54, 1.807) is 23.8 Å². The van der Waals surface area contributed by atoms with E-state index in [4.69, 9.17) is 9.72 Å². The molecule has 172 valence electrons. The zero-order valence-corrected chi connectivity index (χ0v) is 20.1. The van der Waals surface area contributed by atoms with Crippen molar-refractivity contribution >= 4 is 34.3 Å². The van der Waals surface area contributed by atoms with E-state index >= 15 is 0 Å². The third-order valence-corrected chi connectivity index (χ3v) is 7.17. The number of ether oxygens (including phenoxy) is 1. The van der Waals surface area contributed by atoms with Crippen LogP contribution in [0.1, 0.15) is 19.4 Å². The van der Waals surface area contributed by atoms with Crippen LogP contribution >= 0.6 is 11.8 Å². The second-order valence-electron chi connectivity index (χ2n) is 8.40. The van der Waals surface area contributed by atoms with Crippen molar-refractivity contribution in [2.24, 2.45) is 0 Å². The van der Waals surface area contributed by atoms with Gasteiger partial charge < -0.3 is 9.64 Å². The number of hydrogen-bond donors (Lipinski definition) is 0. The van der Waals surface area contributed by atoms with Crippen molar-refractivity contribution in [2.75, 3.05) is 12.0 Å². The number of fused-ring (bicyclic) bond motifs is 2. The summed E-state index contributed by atoms with van der Waals surface area (Å²) in [6, 6.07) is 22.7. The monoisotopic (exact) mass is 471 g/mol. The summed E-state index contributed by atoms with van der Waals surface area (Å²) in [7, 11) is 1.59. The zero-order chi connectivity index (χ0) is 23.8. The van der Waals surface area contributed by atoms with Crippen LogP contribution in [-0.2, 0) is 11.2 Å². The second kappa shape index (κ2) is 8.99. The average molecular weight is 472 g/mol. The fraction of sp³-hybridized carbons (Fsp3) is 0.222. The van der Waals surface area contributed by atoms with Gasteiger partial charge in [0.2, 0.25) is 5.91 Å². The Morgan fingerprint density at radius 1 is 1.09 bits per heavy atom. The van der Waals surface area contributed by atoms with Crippen molar-refractivity contribution in [3.05, 3.63) is 88.7 Å². The normalized spacial score (nSPS) is 15.9. The summed E-state index contributed by atoms with van der Waals surface area (Å²) in [5.41, 5.74) is 3.21. The Bertz CT molecular complexity index is 1450. The highest BCUT2D eigenvalue weighted by Crippen LogP contribution is 2.35. The molecule has 7 heteroatoms. The summed E-state index contributed by atoms with van der Waals surface area (Å²) in [4.78, 5) is 33.8. The first kappa shape index (κ1) is 22.2. The van der Waals surface area contributed by atoms with Crippen molar-refractivity contribution in [3.63, 3.8) is 0 Å². The highest BCUT2D eigenvalue weighted by Gasteiger charge is 2.34. The van der Waals surface area contributed by atoms with Crippen LogP contribution in [0.2, 0.25) is 0 Å². The molecule has 34 heavy (non-hydrogen) atoms. The van der Waals surface area contributed by atoms with Crippen molar-refractivity contribution < 1.29 is 9.53 Å². The first-order chi connectivity index (χ1) is 16.5. The first-order valence-corrected chi connectivity index (χ1v) is 12.1. The lowest BCUT2D eigenvalue weighted by atomic mass is 10.1. The van der Waals surface area contributed by atoms with Crippen molar-refractivity contribution in [1.82, 2.24) is 9.55 Å². The summed E-state index contributed by atoms with van der Waals surface area (Å²) >= 11 is 1.30. The Morgan fingerprint density at radius 3 is 2.68 bits per heavy atom. The maximum atomic E-state index is 13.6. The van der Waals surface area contributed by atoms with Gasteiger partial charge in [-0.25, -0.2) is 4.98 Å². The molecule has 0 N–H and O–H groups in total. The number of para-hydroxylation sites is 2. The predicted octanol–water partition coefficient (Wildman–Crippen LogP) is 4.85. The van der Waals surface area contributed by atoms with Crippen molar-refractivity contribution in [3.8, 4) is 11.4 Å². The molecule has 6 nitrogen and oxygen atoms in total. The fourth-order valence-corrected chi connectivity index (χ4v) is 5.45. The molecule has 0 unspecified atom stereocenters. The van der Waals surface area contributed by atoms with Gasteiger partial charge in [0.15, 0.2) is 5.16 Å². The molecule has 4 aromatic rings. The number of rotatable bonds is 5. The Labute approximate surface area is 202 Å². The number of carbonyl (C=O) groups excluding carboxylic acids is 1. The molecular formula is C27H25N3O3S. The molecule has 0 fully saturated rings. The number of aromatic nitrogens is 2. The van der Waals surface area contributed by atoms with E-state index < -0.39 is 5.25 Å². The largest absolute Gasteiger partial charge is 0.497 e. The minimum Gasteiger partial charge on any atom is -0.497 e. The number of methoxy groups -OCH3 is 1. The van der Waals surface area contributed by atoms with E-state index in [9.17, 15) is 9.59 Å². The number of thioether (sulfide) groups is 1. The van der Waals surface area contributed by atoms with Gasteiger partial charge in [-0.15, -0.1) is 0 Å². The highest BCUT2D eigenvalue weighted by atomic mass is 32.2. The topological polar surface area (TPSA) is 64.4 Å². The van der Waals surface area contributed by atoms with E-state index in [0.717, 1.165) is 12.1 Å². The molecule has 0 saturated carbocycles. The molecule has 0 bridgehead atoms. The average Bonchev–Trinajstić information content (AvgIpc) is 3.19. The molecule has 0 aliphatic carbocycles. The molecule has 2 heterocycles. The molecule has 0 spiro atoms. The van der Waals surface area contributed by atoms with Crippen molar-refractivity contribution in [1.29, 1.82) is 0 Å². The summed E-state index contributed by atoms with van der Waals surface area (Å²) in [5, 5.41) is 0.548. The van der Waals surface area contributed by atoms with Crippen LogP contribution in [-0.4, -0.2) is 33.9 Å². The Kier molecular flexibility index (Phi) is 5.87. The van der Waals surface area contributed by atoms with Crippen LogP contribution in [0.4, 0.5) is 5.69 Å². The molecule has 0 radical (unpaired) electrons. The molecular weight excluding hydrogens is 446 g/mol. The van der Waals surface area contributed by atoms with Crippen LogP contribution < -0.4 is 15.2 Å². The molecule has 1 aliphatic heterocycles. The third kappa shape index (κ3) is 3.86. The lowest BCUT2D eigenvalue weighted by Gasteiger charge is -2.26. The Morgan fingerprint density at radius 2 is 1.85 bits per heavy atom. The summed E-state index contributed by atoms with van der Waals surface area (Å²) in [5.74, 6) is 0.641. The van der Waals surface area contributed by atoms with E-state index in [-0.39, 0.29) is 17.5 Å². The van der Waals surface area contributed by atoms with E-state index in [2.05, 4.69) is 13.0 Å². The molecule has 2 atom stereocenters. The van der Waals surface area contributed by atoms with Crippen LogP contribution in [0.15, 0.2) is 82.7 Å². The Hall–Kier alpha value is -3.58. The minimum atomic E-state index is -0.446. The van der Waals surface area contributed by atoms with Gasteiger partial charge in [-0.3, -0.25) is 14.2 Å². The van der Waals surface area contributed by atoms with Crippen LogP contribution in [0.25, 0.3) is 16.6 Å². The summed E-state index contributed by atoms with van der Waals surface area (Å²) < 4.78 is 6.94. The van der Waals surface area contributed by atoms with Gasteiger partial charge in [0.25, 0.3) is 5.56 Å². The third-order valence-electron chi connectivity index (χ3n) is 6.13. The molecule has 5 rings (SSSR count). The van der Waals surface area contributed by atoms with Gasteiger partial charge in [-0.2, -0.15) is 0 Å². The summed E-state index contributed by atoms with van der Waals surface area (Å²) in [6.07, 6.45) is 0.835. The molecule has 3 aromatic carbocycles. The zero-order valence-electron chi connectivity index (χ0n) is 19.3. The molecule has 1 amide bonds. The van der Waals surface area contributed by atoms with E-state index in [0.29, 0.717) is 27.5 Å². The maximum Gasteiger partial charge on any atom is 0.266 e. The smallest absolute Gasteiger partial charge is 0.266 e. The number of anilines is 1. The number of benzene rings is 3. The number of nitrogens with zero attached hydrogens (tertiary/aromatic N) is 3. The SMILES string of the molecule is COc1cccc(-n2c(S[C@H](C)C(=O)N3c4ccccc4C[C@H]3C)nc3ccccc3c2=O)c1. The number of hydrogen-bond acceptors (Lipinski definition) is 5. The van der Waals surface area contributed by atoms with Gasteiger partial charge >= 0.3 is 0 Å². The Balaban J connectivity index is 1.57. The van der Waals surface area contributed by atoms with Gasteiger partial charge in [0.1, 0.15) is 5.75 Å². The fourth-order valence-electron chi connectivity index (χ4n) is 4.47. The van der Waals surface area contributed by atoms with Crippen LogP contribution in [0.3, 0.4) is 0 Å². The maximum absolute atomic E-state index is 13.6. The summed E-state index contributed by atoms with van der Waals surface area (Å²) in [6.45, 7) is 3.94. The number of amides is 1. The van der Waals surface area contributed by atoms with Gasteiger partial charge in [-0.05, 0) is 56.2 Å². The van der Waals surface area contributed by atoms with Gasteiger partial charge in [0, 0.05) is 17.8 Å². The highest BCUT2D eigenvalue weighted by molar-refractivity contribution is 8.00. The van der Waals surface area contributed by atoms with Crippen molar-refractivity contribution in [2.45, 2.75) is 36.7 Å². The standard InChI is InChI=1S/C27H25N3O3S/c1-17-15-19-9-4-7-14-24(19)29(17)25(31)18(2)34-27-28-23-13-6-5-12-22(23)26(32)30(27)20-10-8-11-21(16-20)33-3/h4-14,16-18H,15H2,1-3H3/t17-,18-/m1/s1. The lowest BCUT2D eigenvalue weighted by Crippen LogP contribution is -2.40. The van der Waals surface area contributed by atoms with Crippen LogP contribution in [0.5, 0.6) is 5.75 Å². The molecule has 0 saturated heterocycles. The lowest BCUT2D eigenvalue weighted by molar-refractivity contribution is -0.118. The van der Waals surface area contributed by atoms with E-state index in [1.165, 1.54) is 17.3 Å². The quantitative estimate of drug-likeness (QED) is 0.307. The van der Waals surface area contributed by atoms with Gasteiger partial charge in [0.05, 0.1) is 29.0 Å². The van der Waals surface area contributed by atoms with E-state index in [1.807, 2.05) is 66.4 Å². The molecule has 1 aromatic heterocycles. The van der Waals surface area contributed by atoms with Gasteiger partial charge in [-0.1, -0.05) is 48.2 Å². The second-order valence-corrected chi connectivity index (χ2v) is 9.71. The number of carbonyl (C=O) groups is 1. The first-order valence-electron chi connectivity index (χ1n) is 11.2. The minimum absolute atomic E-state index is 0.00190. The molecule has 1 aliphatic rings.